The van der Waals surface area contributed by atoms with Crippen LogP contribution in [0.15, 0.2) is 12.3 Å². The lowest BCUT2D eigenvalue weighted by molar-refractivity contribution is -0.131. The number of nitrogens with zero attached hydrogens (tertiary/aromatic N) is 1. The molecule has 1 aliphatic heterocycles. The van der Waals surface area contributed by atoms with E-state index in [0.717, 1.165) is 25.9 Å². The predicted octanol–water partition coefficient (Wildman–Crippen LogP) is 2.10. The number of carbonyl (C=O) groups is 1. The van der Waals surface area contributed by atoms with Crippen LogP contribution < -0.4 is 0 Å². The van der Waals surface area contributed by atoms with E-state index in [-0.39, 0.29) is 0 Å². The van der Waals surface area contributed by atoms with E-state index in [0.29, 0.717) is 5.41 Å². The van der Waals surface area contributed by atoms with Crippen molar-refractivity contribution in [1.29, 1.82) is 0 Å². The number of rotatable bonds is 2. The van der Waals surface area contributed by atoms with Gasteiger partial charge in [0.2, 0.25) is 0 Å². The first-order valence-corrected chi connectivity index (χ1v) is 5.15. The summed E-state index contributed by atoms with van der Waals surface area (Å²) in [7, 11) is 0. The number of carboxylic acids is 1. The monoisotopic (exact) mass is 197 g/mol. The molecule has 0 spiro atoms. The lowest BCUT2D eigenvalue weighted by atomic mass is 9.85. The van der Waals surface area contributed by atoms with Crippen molar-refractivity contribution in [3.05, 3.63) is 12.3 Å². The van der Waals surface area contributed by atoms with Crippen LogP contribution >= 0.6 is 0 Å². The summed E-state index contributed by atoms with van der Waals surface area (Å²) < 4.78 is 0. The lowest BCUT2D eigenvalue weighted by Crippen LogP contribution is -2.19. The zero-order chi connectivity index (χ0) is 10.6. The Hall–Kier alpha value is -0.990. The normalized spacial score (nSPS) is 22.3. The highest BCUT2D eigenvalue weighted by Gasteiger charge is 2.21. The van der Waals surface area contributed by atoms with Gasteiger partial charge in [0.1, 0.15) is 0 Å². The molecule has 80 valence electrons. The van der Waals surface area contributed by atoms with E-state index in [1.54, 1.807) is 6.20 Å². The fraction of sp³-hybridized carbons (Fsp3) is 0.727. The third-order valence-electron chi connectivity index (χ3n) is 2.80. The van der Waals surface area contributed by atoms with Crippen LogP contribution in [0.4, 0.5) is 0 Å². The number of carboxylic acid groups (broad SMARTS) is 1. The lowest BCUT2D eigenvalue weighted by Gasteiger charge is -2.22. The average molecular weight is 197 g/mol. The Morgan fingerprint density at radius 2 is 2.07 bits per heavy atom. The molecule has 1 heterocycles. The highest BCUT2D eigenvalue weighted by Crippen LogP contribution is 2.29. The Balaban J connectivity index is 2.46. The smallest absolute Gasteiger partial charge is 0.329 e. The summed E-state index contributed by atoms with van der Waals surface area (Å²) in [6, 6.07) is 0. The molecule has 3 nitrogen and oxygen atoms in total. The Kier molecular flexibility index (Phi) is 3.55. The summed E-state index contributed by atoms with van der Waals surface area (Å²) in [6.07, 6.45) is 6.43. The van der Waals surface area contributed by atoms with E-state index in [4.69, 9.17) is 5.11 Å². The SMILES string of the molecule is CC1(C)CCCN(C=CC(=O)O)CC1. The third kappa shape index (κ3) is 3.81. The molecule has 0 aromatic heterocycles. The van der Waals surface area contributed by atoms with E-state index >= 15 is 0 Å². The van der Waals surface area contributed by atoms with E-state index in [2.05, 4.69) is 18.7 Å². The number of likely N-dealkylation sites (tertiary alicyclic amines) is 1. The van der Waals surface area contributed by atoms with Gasteiger partial charge in [0.05, 0.1) is 0 Å². The van der Waals surface area contributed by atoms with Gasteiger partial charge in [-0.25, -0.2) is 4.79 Å². The molecule has 1 N–H and O–H groups in total. The molecular formula is C11H19NO2. The van der Waals surface area contributed by atoms with Gasteiger partial charge in [-0.15, -0.1) is 0 Å². The second kappa shape index (κ2) is 4.49. The molecule has 0 saturated carbocycles. The maximum Gasteiger partial charge on any atom is 0.329 e. The van der Waals surface area contributed by atoms with E-state index in [9.17, 15) is 4.79 Å². The highest BCUT2D eigenvalue weighted by atomic mass is 16.4. The molecule has 14 heavy (non-hydrogen) atoms. The van der Waals surface area contributed by atoms with E-state index in [1.807, 2.05) is 0 Å². The molecule has 0 bridgehead atoms. The van der Waals surface area contributed by atoms with Gasteiger partial charge in [-0.3, -0.25) is 0 Å². The first-order valence-electron chi connectivity index (χ1n) is 5.15. The summed E-state index contributed by atoms with van der Waals surface area (Å²) in [6.45, 7) is 6.50. The Morgan fingerprint density at radius 3 is 2.71 bits per heavy atom. The third-order valence-corrected chi connectivity index (χ3v) is 2.80. The van der Waals surface area contributed by atoms with Crippen molar-refractivity contribution in [3.63, 3.8) is 0 Å². The summed E-state index contributed by atoms with van der Waals surface area (Å²) in [5.74, 6) is -0.867. The fourth-order valence-electron chi connectivity index (χ4n) is 1.76. The van der Waals surface area contributed by atoms with Crippen LogP contribution in [0.25, 0.3) is 0 Å². The molecule has 0 amide bonds. The van der Waals surface area contributed by atoms with E-state index in [1.165, 1.54) is 12.5 Å². The van der Waals surface area contributed by atoms with Crippen LogP contribution in [0.3, 0.4) is 0 Å². The molecule has 0 aromatic carbocycles. The van der Waals surface area contributed by atoms with Crippen LogP contribution in [-0.2, 0) is 4.79 Å². The van der Waals surface area contributed by atoms with Gasteiger partial charge in [-0.2, -0.15) is 0 Å². The Labute approximate surface area is 85.4 Å². The van der Waals surface area contributed by atoms with E-state index < -0.39 is 5.97 Å². The minimum absolute atomic E-state index is 0.409. The molecule has 1 aliphatic rings. The highest BCUT2D eigenvalue weighted by molar-refractivity contribution is 5.79. The summed E-state index contributed by atoms with van der Waals surface area (Å²) >= 11 is 0. The maximum absolute atomic E-state index is 10.3. The maximum atomic E-state index is 10.3. The molecule has 0 atom stereocenters. The van der Waals surface area contributed by atoms with Crippen LogP contribution in [0, 0.1) is 5.41 Å². The van der Waals surface area contributed by atoms with Gasteiger partial charge in [0.15, 0.2) is 0 Å². The standard InChI is InChI=1S/C11H19NO2/c1-11(2)5-3-7-12(9-6-11)8-4-10(13)14/h4,8H,3,5-7,9H2,1-2H3,(H,13,14). The van der Waals surface area contributed by atoms with Crippen LogP contribution in [0.2, 0.25) is 0 Å². The molecule has 0 aliphatic carbocycles. The van der Waals surface area contributed by atoms with Crippen LogP contribution in [-0.4, -0.2) is 29.1 Å². The van der Waals surface area contributed by atoms with Crippen molar-refractivity contribution >= 4 is 5.97 Å². The molecule has 0 unspecified atom stereocenters. The first-order chi connectivity index (χ1) is 6.49. The summed E-state index contributed by atoms with van der Waals surface area (Å²) in [4.78, 5) is 12.4. The number of hydrogen-bond donors (Lipinski definition) is 1. The van der Waals surface area contributed by atoms with Crippen molar-refractivity contribution < 1.29 is 9.90 Å². The van der Waals surface area contributed by atoms with Gasteiger partial charge in [-0.05, 0) is 24.7 Å². The minimum atomic E-state index is -0.867. The second-order valence-electron chi connectivity index (χ2n) is 4.71. The Bertz CT molecular complexity index is 233. The largest absolute Gasteiger partial charge is 0.478 e. The Morgan fingerprint density at radius 1 is 1.36 bits per heavy atom. The molecule has 0 aromatic rings. The average Bonchev–Trinajstić information content (AvgIpc) is 2.23. The second-order valence-corrected chi connectivity index (χ2v) is 4.71. The minimum Gasteiger partial charge on any atom is -0.478 e. The van der Waals surface area contributed by atoms with Gasteiger partial charge >= 0.3 is 5.97 Å². The topological polar surface area (TPSA) is 40.5 Å². The van der Waals surface area contributed by atoms with Crippen molar-refractivity contribution in [1.82, 2.24) is 4.90 Å². The molecular weight excluding hydrogens is 178 g/mol. The van der Waals surface area contributed by atoms with Crippen LogP contribution in [0.1, 0.15) is 33.1 Å². The molecule has 1 fully saturated rings. The van der Waals surface area contributed by atoms with Crippen molar-refractivity contribution in [2.75, 3.05) is 13.1 Å². The number of aliphatic carboxylic acids is 1. The summed E-state index contributed by atoms with van der Waals surface area (Å²) in [5.41, 5.74) is 0.409. The zero-order valence-electron chi connectivity index (χ0n) is 8.99. The zero-order valence-corrected chi connectivity index (χ0v) is 8.99. The quantitative estimate of drug-likeness (QED) is 0.689. The van der Waals surface area contributed by atoms with Gasteiger partial charge < -0.3 is 10.0 Å². The molecule has 1 rings (SSSR count). The summed E-state index contributed by atoms with van der Waals surface area (Å²) in [5, 5.41) is 8.50. The van der Waals surface area contributed by atoms with Crippen molar-refractivity contribution in [2.45, 2.75) is 33.1 Å². The number of hydrogen-bond acceptors (Lipinski definition) is 2. The molecule has 1 saturated heterocycles. The molecule has 0 radical (unpaired) electrons. The van der Waals surface area contributed by atoms with Crippen molar-refractivity contribution in [2.24, 2.45) is 5.41 Å². The van der Waals surface area contributed by atoms with Gasteiger partial charge in [0, 0.05) is 25.4 Å². The first kappa shape index (κ1) is 11.1. The van der Waals surface area contributed by atoms with Crippen molar-refractivity contribution in [3.8, 4) is 0 Å². The molecule has 3 heteroatoms. The fourth-order valence-corrected chi connectivity index (χ4v) is 1.76. The predicted molar refractivity (Wildman–Crippen MR) is 56.0 cm³/mol. The van der Waals surface area contributed by atoms with Gasteiger partial charge in [-0.1, -0.05) is 13.8 Å². The van der Waals surface area contributed by atoms with Crippen LogP contribution in [0.5, 0.6) is 0 Å². The van der Waals surface area contributed by atoms with Gasteiger partial charge in [0.25, 0.3) is 0 Å².